The first-order valence-electron chi connectivity index (χ1n) is 5.19. The summed E-state index contributed by atoms with van der Waals surface area (Å²) in [6.45, 7) is 8.22. The van der Waals surface area contributed by atoms with Crippen LogP contribution in [0.1, 0.15) is 26.7 Å². The fourth-order valence-corrected chi connectivity index (χ4v) is 1.89. The summed E-state index contributed by atoms with van der Waals surface area (Å²) in [6.07, 6.45) is 2.47. The molecule has 1 heterocycles. The molecule has 3 nitrogen and oxygen atoms in total. The second-order valence-corrected chi connectivity index (χ2v) is 3.89. The van der Waals surface area contributed by atoms with Gasteiger partial charge in [-0.15, -0.1) is 0 Å². The number of nitrogens with zero attached hydrogens (tertiary/aromatic N) is 1. The van der Waals surface area contributed by atoms with Crippen molar-refractivity contribution in [3.8, 4) is 0 Å². The highest BCUT2D eigenvalue weighted by atomic mass is 16.1. The fourth-order valence-electron chi connectivity index (χ4n) is 1.89. The van der Waals surface area contributed by atoms with Crippen molar-refractivity contribution in [3.05, 3.63) is 0 Å². The molecule has 3 heteroatoms. The van der Waals surface area contributed by atoms with E-state index >= 15 is 0 Å². The van der Waals surface area contributed by atoms with Crippen LogP contribution in [0.2, 0.25) is 0 Å². The van der Waals surface area contributed by atoms with Crippen molar-refractivity contribution < 1.29 is 4.79 Å². The van der Waals surface area contributed by atoms with Gasteiger partial charge in [0, 0.05) is 20.0 Å². The lowest BCUT2D eigenvalue weighted by Gasteiger charge is -2.14. The molecule has 76 valence electrons. The average molecular weight is 184 g/mol. The summed E-state index contributed by atoms with van der Waals surface area (Å²) in [5.74, 6) is 0.768. The molecule has 0 bridgehead atoms. The van der Waals surface area contributed by atoms with Crippen LogP contribution in [0, 0.1) is 5.92 Å². The Morgan fingerprint density at radius 3 is 3.00 bits per heavy atom. The molecular weight excluding hydrogens is 164 g/mol. The van der Waals surface area contributed by atoms with Crippen molar-refractivity contribution in [1.29, 1.82) is 0 Å². The lowest BCUT2D eigenvalue weighted by atomic mass is 10.1. The third kappa shape index (κ3) is 3.77. The van der Waals surface area contributed by atoms with Gasteiger partial charge in [0.15, 0.2) is 0 Å². The van der Waals surface area contributed by atoms with Crippen LogP contribution in [-0.2, 0) is 4.79 Å². The Hall–Kier alpha value is -0.570. The SMILES string of the molecule is CCCN1CC[C@@H](CNC(C)=O)C1. The van der Waals surface area contributed by atoms with E-state index in [1.54, 1.807) is 6.92 Å². The van der Waals surface area contributed by atoms with E-state index in [-0.39, 0.29) is 5.91 Å². The van der Waals surface area contributed by atoms with Gasteiger partial charge in [0.25, 0.3) is 0 Å². The van der Waals surface area contributed by atoms with Crippen LogP contribution in [0.3, 0.4) is 0 Å². The molecule has 0 saturated carbocycles. The van der Waals surface area contributed by atoms with Crippen LogP contribution in [0.4, 0.5) is 0 Å². The second kappa shape index (κ2) is 5.22. The van der Waals surface area contributed by atoms with Crippen LogP contribution < -0.4 is 5.32 Å². The first-order chi connectivity index (χ1) is 6.22. The number of likely N-dealkylation sites (tertiary alicyclic amines) is 1. The Labute approximate surface area is 80.5 Å². The zero-order valence-corrected chi connectivity index (χ0v) is 8.68. The van der Waals surface area contributed by atoms with Crippen molar-refractivity contribution in [1.82, 2.24) is 10.2 Å². The first kappa shape index (κ1) is 10.5. The zero-order valence-electron chi connectivity index (χ0n) is 8.68. The van der Waals surface area contributed by atoms with Crippen LogP contribution in [0.5, 0.6) is 0 Å². The third-order valence-electron chi connectivity index (χ3n) is 2.55. The lowest BCUT2D eigenvalue weighted by molar-refractivity contribution is -0.119. The molecule has 0 aliphatic carbocycles. The number of hydrogen-bond acceptors (Lipinski definition) is 2. The Kier molecular flexibility index (Phi) is 4.22. The molecule has 0 aromatic carbocycles. The summed E-state index contributed by atoms with van der Waals surface area (Å²) in [5.41, 5.74) is 0. The number of carbonyl (C=O) groups excluding carboxylic acids is 1. The molecule has 1 saturated heterocycles. The predicted octanol–water partition coefficient (Wildman–Crippen LogP) is 0.854. The molecule has 0 unspecified atom stereocenters. The van der Waals surface area contributed by atoms with Crippen molar-refractivity contribution in [2.24, 2.45) is 5.92 Å². The maximum Gasteiger partial charge on any atom is 0.216 e. The molecule has 1 N–H and O–H groups in total. The van der Waals surface area contributed by atoms with E-state index in [0.29, 0.717) is 5.92 Å². The highest BCUT2D eigenvalue weighted by Crippen LogP contribution is 2.14. The standard InChI is InChI=1S/C10H20N2O/c1-3-5-12-6-4-10(8-12)7-11-9(2)13/h10H,3-8H2,1-2H3,(H,11,13)/t10-/m0/s1. The summed E-state index contributed by atoms with van der Waals surface area (Å²) in [6, 6.07) is 0. The van der Waals surface area contributed by atoms with Crippen molar-refractivity contribution in [3.63, 3.8) is 0 Å². The maximum atomic E-state index is 10.7. The minimum atomic E-state index is 0.0916. The number of carbonyl (C=O) groups is 1. The van der Waals surface area contributed by atoms with Gasteiger partial charge in [-0.2, -0.15) is 0 Å². The van der Waals surface area contributed by atoms with E-state index < -0.39 is 0 Å². The van der Waals surface area contributed by atoms with E-state index in [1.807, 2.05) is 0 Å². The van der Waals surface area contributed by atoms with Gasteiger partial charge in [-0.25, -0.2) is 0 Å². The molecule has 1 rings (SSSR count). The van der Waals surface area contributed by atoms with Gasteiger partial charge in [-0.05, 0) is 31.8 Å². The van der Waals surface area contributed by atoms with E-state index in [4.69, 9.17) is 0 Å². The highest BCUT2D eigenvalue weighted by molar-refractivity contribution is 5.72. The number of rotatable bonds is 4. The molecule has 13 heavy (non-hydrogen) atoms. The molecule has 1 fully saturated rings. The molecule has 0 aromatic heterocycles. The van der Waals surface area contributed by atoms with Gasteiger partial charge < -0.3 is 10.2 Å². The molecule has 1 aliphatic heterocycles. The highest BCUT2D eigenvalue weighted by Gasteiger charge is 2.21. The average Bonchev–Trinajstić information content (AvgIpc) is 2.50. The van der Waals surface area contributed by atoms with Gasteiger partial charge in [-0.1, -0.05) is 6.92 Å². The first-order valence-corrected chi connectivity index (χ1v) is 5.19. The lowest BCUT2D eigenvalue weighted by Crippen LogP contribution is -2.29. The fraction of sp³-hybridized carbons (Fsp3) is 0.900. The van der Waals surface area contributed by atoms with E-state index in [2.05, 4.69) is 17.1 Å². The zero-order chi connectivity index (χ0) is 9.68. The normalized spacial score (nSPS) is 23.4. The van der Waals surface area contributed by atoms with Crippen LogP contribution in [0.25, 0.3) is 0 Å². The minimum absolute atomic E-state index is 0.0916. The Balaban J connectivity index is 2.13. The largest absolute Gasteiger partial charge is 0.356 e. The van der Waals surface area contributed by atoms with Crippen LogP contribution in [0.15, 0.2) is 0 Å². The summed E-state index contributed by atoms with van der Waals surface area (Å²) >= 11 is 0. The van der Waals surface area contributed by atoms with Crippen molar-refractivity contribution >= 4 is 5.91 Å². The van der Waals surface area contributed by atoms with Crippen molar-refractivity contribution in [2.75, 3.05) is 26.2 Å². The van der Waals surface area contributed by atoms with Crippen LogP contribution in [-0.4, -0.2) is 37.0 Å². The molecule has 0 spiro atoms. The van der Waals surface area contributed by atoms with E-state index in [1.165, 1.54) is 25.9 Å². The van der Waals surface area contributed by atoms with E-state index in [9.17, 15) is 4.79 Å². The summed E-state index contributed by atoms with van der Waals surface area (Å²) in [7, 11) is 0. The quantitative estimate of drug-likeness (QED) is 0.702. The summed E-state index contributed by atoms with van der Waals surface area (Å²) in [4.78, 5) is 13.2. The molecule has 1 aliphatic rings. The molecule has 0 aromatic rings. The van der Waals surface area contributed by atoms with Gasteiger partial charge >= 0.3 is 0 Å². The third-order valence-corrected chi connectivity index (χ3v) is 2.55. The second-order valence-electron chi connectivity index (χ2n) is 3.89. The Morgan fingerprint density at radius 2 is 2.38 bits per heavy atom. The summed E-state index contributed by atoms with van der Waals surface area (Å²) in [5, 5.41) is 2.88. The van der Waals surface area contributed by atoms with E-state index in [0.717, 1.165) is 13.1 Å². The minimum Gasteiger partial charge on any atom is -0.356 e. The van der Waals surface area contributed by atoms with Gasteiger partial charge in [0.05, 0.1) is 0 Å². The van der Waals surface area contributed by atoms with Gasteiger partial charge in [-0.3, -0.25) is 4.79 Å². The number of hydrogen-bond donors (Lipinski definition) is 1. The maximum absolute atomic E-state index is 10.7. The summed E-state index contributed by atoms with van der Waals surface area (Å²) < 4.78 is 0. The molecule has 0 radical (unpaired) electrons. The molecule has 1 amide bonds. The topological polar surface area (TPSA) is 32.3 Å². The smallest absolute Gasteiger partial charge is 0.216 e. The number of amides is 1. The Bertz CT molecular complexity index is 170. The van der Waals surface area contributed by atoms with Gasteiger partial charge in [0.1, 0.15) is 0 Å². The predicted molar refractivity (Wildman–Crippen MR) is 53.5 cm³/mol. The Morgan fingerprint density at radius 1 is 1.62 bits per heavy atom. The van der Waals surface area contributed by atoms with Gasteiger partial charge in [0.2, 0.25) is 5.91 Å². The number of nitrogens with one attached hydrogen (secondary N) is 1. The van der Waals surface area contributed by atoms with Crippen LogP contribution >= 0.6 is 0 Å². The van der Waals surface area contributed by atoms with Crippen molar-refractivity contribution in [2.45, 2.75) is 26.7 Å². The monoisotopic (exact) mass is 184 g/mol. The molecular formula is C10H20N2O. The molecule has 1 atom stereocenters.